The van der Waals surface area contributed by atoms with Crippen LogP contribution in [-0.4, -0.2) is 42.6 Å². The summed E-state index contributed by atoms with van der Waals surface area (Å²) in [7, 11) is 1.32. The molecule has 1 fully saturated rings. The van der Waals surface area contributed by atoms with E-state index in [1.54, 1.807) is 0 Å². The Hall–Kier alpha value is -1.40. The molecule has 0 aromatic carbocycles. The van der Waals surface area contributed by atoms with Gasteiger partial charge in [-0.25, -0.2) is 0 Å². The maximum absolute atomic E-state index is 10.9. The summed E-state index contributed by atoms with van der Waals surface area (Å²) in [5, 5.41) is 5.94. The zero-order valence-corrected chi connectivity index (χ0v) is 8.86. The van der Waals surface area contributed by atoms with Gasteiger partial charge in [-0.3, -0.25) is 9.59 Å². The van der Waals surface area contributed by atoms with E-state index in [1.807, 2.05) is 0 Å². The van der Waals surface area contributed by atoms with Gasteiger partial charge >= 0.3 is 5.97 Å². The Balaban J connectivity index is 2.25. The molecule has 8 heteroatoms. The molecule has 1 aliphatic heterocycles. The number of thioether (sulfide) groups is 1. The summed E-state index contributed by atoms with van der Waals surface area (Å²) in [5.41, 5.74) is 8.19. The van der Waals surface area contributed by atoms with Crippen LogP contribution >= 0.6 is 11.8 Å². The van der Waals surface area contributed by atoms with Crippen molar-refractivity contribution in [3.63, 3.8) is 0 Å². The van der Waals surface area contributed by atoms with E-state index >= 15 is 0 Å². The Bertz CT molecular complexity index is 313. The van der Waals surface area contributed by atoms with Crippen LogP contribution in [0.5, 0.6) is 0 Å². The molecule has 0 bridgehead atoms. The molecule has 1 amide bonds. The van der Waals surface area contributed by atoms with Gasteiger partial charge < -0.3 is 10.1 Å². The van der Waals surface area contributed by atoms with Crippen LogP contribution in [0.15, 0.2) is 5.11 Å². The Morgan fingerprint density at radius 1 is 1.80 bits per heavy atom. The molecule has 2 atom stereocenters. The standard InChI is InChI=1S/C7H10N4O3S/c1-14-5(12)3-15-2-4-6(10-11-8)7(13)9-4/h4,6H,2-3H2,1H3,(H,9,13)/t4-,6-/m0/s1. The first-order valence-corrected chi connectivity index (χ1v) is 5.33. The normalized spacial score (nSPS) is 23.4. The number of rotatable bonds is 5. The number of nitrogens with zero attached hydrogens (tertiary/aromatic N) is 3. The number of azide groups is 1. The minimum absolute atomic E-state index is 0.178. The third-order valence-electron chi connectivity index (χ3n) is 1.90. The Labute approximate surface area is 90.2 Å². The van der Waals surface area contributed by atoms with Gasteiger partial charge in [-0.1, -0.05) is 5.11 Å². The number of β-lactam (4-membered cyclic amide) rings is 1. The van der Waals surface area contributed by atoms with Gasteiger partial charge in [0.15, 0.2) is 0 Å². The maximum Gasteiger partial charge on any atom is 0.315 e. The molecule has 0 unspecified atom stereocenters. The largest absolute Gasteiger partial charge is 0.468 e. The summed E-state index contributed by atoms with van der Waals surface area (Å²) >= 11 is 1.33. The number of nitrogens with one attached hydrogen (secondary N) is 1. The van der Waals surface area contributed by atoms with Gasteiger partial charge in [0.1, 0.15) is 6.04 Å². The molecule has 0 saturated carbocycles. The van der Waals surface area contributed by atoms with E-state index in [-0.39, 0.29) is 23.7 Å². The lowest BCUT2D eigenvalue weighted by atomic mass is 10.0. The summed E-state index contributed by atoms with van der Waals surface area (Å²) in [5.74, 6) is 0.179. The van der Waals surface area contributed by atoms with Crippen LogP contribution in [0, 0.1) is 0 Å². The molecule has 0 aromatic rings. The summed E-state index contributed by atoms with van der Waals surface area (Å²) in [6, 6.07) is -0.816. The van der Waals surface area contributed by atoms with Crippen molar-refractivity contribution >= 4 is 23.6 Å². The van der Waals surface area contributed by atoms with Crippen molar-refractivity contribution in [3.8, 4) is 0 Å². The van der Waals surface area contributed by atoms with Gasteiger partial charge in [-0.05, 0) is 5.53 Å². The second kappa shape index (κ2) is 5.47. The van der Waals surface area contributed by atoms with Gasteiger partial charge in [0.25, 0.3) is 0 Å². The van der Waals surface area contributed by atoms with E-state index in [1.165, 1.54) is 18.9 Å². The summed E-state index contributed by atoms with van der Waals surface area (Å²) in [6.07, 6.45) is 0. The van der Waals surface area contributed by atoms with Crippen LogP contribution in [0.4, 0.5) is 0 Å². The van der Waals surface area contributed by atoms with Gasteiger partial charge in [0, 0.05) is 10.7 Å². The summed E-state index contributed by atoms with van der Waals surface area (Å²) < 4.78 is 4.45. The quantitative estimate of drug-likeness (QED) is 0.237. The smallest absolute Gasteiger partial charge is 0.315 e. The summed E-state index contributed by atoms with van der Waals surface area (Å²) in [4.78, 5) is 24.2. The van der Waals surface area contributed by atoms with Crippen LogP contribution in [0.2, 0.25) is 0 Å². The van der Waals surface area contributed by atoms with E-state index < -0.39 is 6.04 Å². The van der Waals surface area contributed by atoms with Gasteiger partial charge in [0.05, 0.1) is 18.9 Å². The van der Waals surface area contributed by atoms with Crippen molar-refractivity contribution in [1.29, 1.82) is 0 Å². The molecule has 1 saturated heterocycles. The van der Waals surface area contributed by atoms with E-state index in [4.69, 9.17) is 5.53 Å². The first-order chi connectivity index (χ1) is 7.19. The molecule has 0 spiro atoms. The number of esters is 1. The number of carbonyl (C=O) groups excluding carboxylic acids is 2. The molecule has 15 heavy (non-hydrogen) atoms. The van der Waals surface area contributed by atoms with Crippen molar-refractivity contribution in [2.24, 2.45) is 5.11 Å². The third kappa shape index (κ3) is 3.03. The highest BCUT2D eigenvalue weighted by molar-refractivity contribution is 7.99. The molecular formula is C7H10N4O3S. The average Bonchev–Trinajstić information content (AvgIpc) is 2.24. The molecule has 82 valence electrons. The van der Waals surface area contributed by atoms with Gasteiger partial charge in [0.2, 0.25) is 5.91 Å². The fourth-order valence-corrected chi connectivity index (χ4v) is 2.00. The third-order valence-corrected chi connectivity index (χ3v) is 2.93. The number of ether oxygens (including phenoxy) is 1. The van der Waals surface area contributed by atoms with E-state index in [0.717, 1.165) is 0 Å². The van der Waals surface area contributed by atoms with Crippen molar-refractivity contribution in [3.05, 3.63) is 10.4 Å². The fourth-order valence-electron chi connectivity index (χ4n) is 1.08. The number of carbonyl (C=O) groups is 2. The lowest BCUT2D eigenvalue weighted by Crippen LogP contribution is -2.62. The van der Waals surface area contributed by atoms with Crippen molar-refractivity contribution in [1.82, 2.24) is 5.32 Å². The number of amides is 1. The van der Waals surface area contributed by atoms with Crippen LogP contribution in [0.1, 0.15) is 0 Å². The Kier molecular flexibility index (Phi) is 4.26. The van der Waals surface area contributed by atoms with Gasteiger partial charge in [-0.2, -0.15) is 0 Å². The highest BCUT2D eigenvalue weighted by Crippen LogP contribution is 2.16. The lowest BCUT2D eigenvalue weighted by molar-refractivity contribution is -0.137. The summed E-state index contributed by atoms with van der Waals surface area (Å²) in [6.45, 7) is 0. The molecule has 1 heterocycles. The van der Waals surface area contributed by atoms with Crippen molar-refractivity contribution < 1.29 is 14.3 Å². The molecule has 0 aliphatic carbocycles. The first-order valence-electron chi connectivity index (χ1n) is 4.18. The van der Waals surface area contributed by atoms with Crippen LogP contribution in [0.3, 0.4) is 0 Å². The number of hydrogen-bond acceptors (Lipinski definition) is 5. The Morgan fingerprint density at radius 3 is 3.07 bits per heavy atom. The topological polar surface area (TPSA) is 104 Å². The maximum atomic E-state index is 10.9. The fraction of sp³-hybridized carbons (Fsp3) is 0.714. The van der Waals surface area contributed by atoms with Crippen molar-refractivity contribution in [2.75, 3.05) is 18.6 Å². The second-order valence-electron chi connectivity index (χ2n) is 2.86. The molecule has 1 aliphatic rings. The lowest BCUT2D eigenvalue weighted by Gasteiger charge is -2.33. The Morgan fingerprint density at radius 2 is 2.53 bits per heavy atom. The zero-order valence-electron chi connectivity index (χ0n) is 8.04. The molecule has 7 nitrogen and oxygen atoms in total. The molecule has 0 radical (unpaired) electrons. The number of hydrogen-bond donors (Lipinski definition) is 1. The highest BCUT2D eigenvalue weighted by atomic mass is 32.2. The highest BCUT2D eigenvalue weighted by Gasteiger charge is 2.38. The van der Waals surface area contributed by atoms with Gasteiger partial charge in [-0.15, -0.1) is 11.8 Å². The number of methoxy groups -OCH3 is 1. The van der Waals surface area contributed by atoms with Crippen molar-refractivity contribution in [2.45, 2.75) is 12.1 Å². The van der Waals surface area contributed by atoms with E-state index in [9.17, 15) is 9.59 Å². The average molecular weight is 230 g/mol. The first kappa shape index (κ1) is 11.7. The van der Waals surface area contributed by atoms with E-state index in [0.29, 0.717) is 5.75 Å². The predicted octanol–water partition coefficient (Wildman–Crippen LogP) is 0.0699. The van der Waals surface area contributed by atoms with Crippen LogP contribution in [0.25, 0.3) is 10.4 Å². The van der Waals surface area contributed by atoms with E-state index in [2.05, 4.69) is 20.1 Å². The molecule has 1 N–H and O–H groups in total. The molecule has 1 rings (SSSR count). The minimum Gasteiger partial charge on any atom is -0.468 e. The SMILES string of the molecule is COC(=O)CSC[C@@H]1NC(=O)[C@H]1N=[N+]=[N-]. The zero-order chi connectivity index (χ0) is 11.3. The van der Waals surface area contributed by atoms with Crippen LogP contribution in [-0.2, 0) is 14.3 Å². The second-order valence-corrected chi connectivity index (χ2v) is 3.89. The minimum atomic E-state index is -0.639. The van der Waals surface area contributed by atoms with Crippen LogP contribution < -0.4 is 5.32 Å². The monoisotopic (exact) mass is 230 g/mol. The molecular weight excluding hydrogens is 220 g/mol. The predicted molar refractivity (Wildman–Crippen MR) is 54.2 cm³/mol. The molecule has 0 aromatic heterocycles.